The number of benzene rings is 1. The van der Waals surface area contributed by atoms with Crippen LogP contribution in [0, 0.1) is 11.3 Å². The van der Waals surface area contributed by atoms with Crippen molar-refractivity contribution >= 4 is 11.8 Å². The molecule has 1 aliphatic rings. The van der Waals surface area contributed by atoms with E-state index in [1.807, 2.05) is 31.2 Å². The molecule has 29 heavy (non-hydrogen) atoms. The number of nitrogens with zero attached hydrogens (tertiary/aromatic N) is 3. The van der Waals surface area contributed by atoms with Crippen LogP contribution in [0.1, 0.15) is 29.3 Å². The van der Waals surface area contributed by atoms with Crippen LogP contribution in [0.25, 0.3) is 11.1 Å². The topological polar surface area (TPSA) is 86.1 Å². The van der Waals surface area contributed by atoms with E-state index in [1.165, 1.54) is 6.20 Å². The number of carbonyl (C=O) groups excluding carboxylic acids is 2. The third-order valence-electron chi connectivity index (χ3n) is 4.89. The molecule has 0 saturated carbocycles. The van der Waals surface area contributed by atoms with Gasteiger partial charge >= 0.3 is 0 Å². The van der Waals surface area contributed by atoms with Gasteiger partial charge in [-0.1, -0.05) is 31.2 Å². The molecule has 0 aliphatic carbocycles. The Balaban J connectivity index is 1.76. The van der Waals surface area contributed by atoms with E-state index in [0.29, 0.717) is 11.1 Å². The molecule has 2 heterocycles. The van der Waals surface area contributed by atoms with Gasteiger partial charge in [0.1, 0.15) is 6.04 Å². The van der Waals surface area contributed by atoms with Crippen molar-refractivity contribution in [3.05, 3.63) is 53.9 Å². The second-order valence-electron chi connectivity index (χ2n) is 6.84. The zero-order chi connectivity index (χ0) is 21.0. The SMILES string of the molecule is CCc1ccccc1-c1cnccc1C(=O)NCC(=O)N1CC(F)(F)CC1C#N. The number of likely N-dealkylation sites (tertiary alicyclic amines) is 1. The van der Waals surface area contributed by atoms with Crippen molar-refractivity contribution in [1.29, 1.82) is 5.26 Å². The van der Waals surface area contributed by atoms with Gasteiger partial charge in [-0.15, -0.1) is 0 Å². The van der Waals surface area contributed by atoms with Gasteiger partial charge in [-0.05, 0) is 23.6 Å². The molecule has 8 heteroatoms. The van der Waals surface area contributed by atoms with E-state index in [1.54, 1.807) is 18.3 Å². The molecule has 1 aliphatic heterocycles. The molecule has 6 nitrogen and oxygen atoms in total. The molecule has 150 valence electrons. The molecule has 1 aromatic carbocycles. The molecule has 1 atom stereocenters. The van der Waals surface area contributed by atoms with Gasteiger partial charge in [-0.2, -0.15) is 5.26 Å². The number of carbonyl (C=O) groups is 2. The van der Waals surface area contributed by atoms with Gasteiger partial charge in [0.25, 0.3) is 11.8 Å². The fourth-order valence-corrected chi connectivity index (χ4v) is 3.45. The monoisotopic (exact) mass is 398 g/mol. The van der Waals surface area contributed by atoms with Crippen molar-refractivity contribution in [2.75, 3.05) is 13.1 Å². The zero-order valence-electron chi connectivity index (χ0n) is 15.9. The Morgan fingerprint density at radius 3 is 2.79 bits per heavy atom. The summed E-state index contributed by atoms with van der Waals surface area (Å²) in [6.07, 6.45) is 3.13. The molecule has 1 saturated heterocycles. The maximum Gasteiger partial charge on any atom is 0.268 e. The minimum Gasteiger partial charge on any atom is -0.343 e. The molecular formula is C21H20F2N4O2. The van der Waals surface area contributed by atoms with Gasteiger partial charge < -0.3 is 10.2 Å². The van der Waals surface area contributed by atoms with Crippen LogP contribution < -0.4 is 5.32 Å². The molecule has 1 fully saturated rings. The number of halogens is 2. The smallest absolute Gasteiger partial charge is 0.268 e. The lowest BCUT2D eigenvalue weighted by Gasteiger charge is -2.19. The van der Waals surface area contributed by atoms with Crippen molar-refractivity contribution in [2.24, 2.45) is 0 Å². The van der Waals surface area contributed by atoms with Crippen molar-refractivity contribution < 1.29 is 18.4 Å². The lowest BCUT2D eigenvalue weighted by molar-refractivity contribution is -0.131. The van der Waals surface area contributed by atoms with Gasteiger partial charge in [0.15, 0.2) is 0 Å². The fourth-order valence-electron chi connectivity index (χ4n) is 3.45. The number of amides is 2. The number of hydrogen-bond donors (Lipinski definition) is 1. The van der Waals surface area contributed by atoms with E-state index in [-0.39, 0.29) is 0 Å². The second kappa shape index (κ2) is 8.35. The summed E-state index contributed by atoms with van der Waals surface area (Å²) in [7, 11) is 0. The van der Waals surface area contributed by atoms with E-state index in [2.05, 4.69) is 10.3 Å². The fraction of sp³-hybridized carbons (Fsp3) is 0.333. The van der Waals surface area contributed by atoms with E-state index < -0.39 is 43.3 Å². The van der Waals surface area contributed by atoms with Crippen LogP contribution in [0.5, 0.6) is 0 Å². The number of pyridine rings is 1. The van der Waals surface area contributed by atoms with Gasteiger partial charge in [-0.3, -0.25) is 14.6 Å². The van der Waals surface area contributed by atoms with Crippen LogP contribution in [-0.2, 0) is 11.2 Å². The minimum atomic E-state index is -3.10. The quantitative estimate of drug-likeness (QED) is 0.839. The first-order chi connectivity index (χ1) is 13.9. The van der Waals surface area contributed by atoms with Crippen molar-refractivity contribution in [3.8, 4) is 17.2 Å². The first-order valence-corrected chi connectivity index (χ1v) is 9.23. The molecule has 1 N–H and O–H groups in total. The Hall–Kier alpha value is -3.34. The number of aryl methyl sites for hydroxylation is 1. The van der Waals surface area contributed by atoms with Crippen LogP contribution in [0.15, 0.2) is 42.7 Å². The number of nitriles is 1. The molecule has 0 radical (unpaired) electrons. The van der Waals surface area contributed by atoms with Crippen LogP contribution in [-0.4, -0.2) is 46.8 Å². The van der Waals surface area contributed by atoms with Gasteiger partial charge in [0.05, 0.1) is 24.7 Å². The second-order valence-corrected chi connectivity index (χ2v) is 6.84. The van der Waals surface area contributed by atoms with E-state index in [0.717, 1.165) is 22.4 Å². The molecule has 2 aromatic rings. The Bertz CT molecular complexity index is 971. The van der Waals surface area contributed by atoms with E-state index in [4.69, 9.17) is 5.26 Å². The highest BCUT2D eigenvalue weighted by Gasteiger charge is 2.47. The highest BCUT2D eigenvalue weighted by Crippen LogP contribution is 2.31. The number of alkyl halides is 2. The molecule has 1 aromatic heterocycles. The summed E-state index contributed by atoms with van der Waals surface area (Å²) >= 11 is 0. The Morgan fingerprint density at radius 1 is 1.31 bits per heavy atom. The summed E-state index contributed by atoms with van der Waals surface area (Å²) < 4.78 is 27.1. The lowest BCUT2D eigenvalue weighted by Crippen LogP contribution is -2.43. The summed E-state index contributed by atoms with van der Waals surface area (Å²) in [4.78, 5) is 29.9. The van der Waals surface area contributed by atoms with Gasteiger partial charge in [0.2, 0.25) is 5.91 Å². The standard InChI is InChI=1S/C21H20F2N4O2/c1-2-14-5-3-4-6-16(14)18-11-25-8-7-17(18)20(29)26-12-19(28)27-13-21(22,23)9-15(27)10-24/h3-8,11,15H,2,9,12-13H2,1H3,(H,26,29). The molecule has 2 amide bonds. The minimum absolute atomic E-state index is 0.331. The molecule has 0 spiro atoms. The van der Waals surface area contributed by atoms with E-state index in [9.17, 15) is 18.4 Å². The number of rotatable bonds is 5. The van der Waals surface area contributed by atoms with Crippen molar-refractivity contribution in [1.82, 2.24) is 15.2 Å². The third kappa shape index (κ3) is 4.40. The molecule has 1 unspecified atom stereocenters. The third-order valence-corrected chi connectivity index (χ3v) is 4.89. The maximum atomic E-state index is 13.5. The molecule has 0 bridgehead atoms. The molecule has 3 rings (SSSR count). The first kappa shape index (κ1) is 20.4. The van der Waals surface area contributed by atoms with Crippen molar-refractivity contribution in [3.63, 3.8) is 0 Å². The average molecular weight is 398 g/mol. The Kier molecular flexibility index (Phi) is 5.87. The Morgan fingerprint density at radius 2 is 2.07 bits per heavy atom. The summed E-state index contributed by atoms with van der Waals surface area (Å²) in [5.74, 6) is -4.32. The summed E-state index contributed by atoms with van der Waals surface area (Å²) in [5, 5.41) is 11.5. The van der Waals surface area contributed by atoms with Gasteiger partial charge in [0, 0.05) is 24.4 Å². The summed E-state index contributed by atoms with van der Waals surface area (Å²) in [6.45, 7) is 0.722. The first-order valence-electron chi connectivity index (χ1n) is 9.23. The molecular weight excluding hydrogens is 378 g/mol. The van der Waals surface area contributed by atoms with Gasteiger partial charge in [-0.25, -0.2) is 8.78 Å². The summed E-state index contributed by atoms with van der Waals surface area (Å²) in [5.41, 5.74) is 2.86. The largest absolute Gasteiger partial charge is 0.343 e. The van der Waals surface area contributed by atoms with Crippen LogP contribution in [0.3, 0.4) is 0 Å². The normalized spacial score (nSPS) is 17.6. The van der Waals surface area contributed by atoms with Crippen molar-refractivity contribution in [2.45, 2.75) is 31.7 Å². The summed E-state index contributed by atoms with van der Waals surface area (Å²) in [6, 6.07) is 9.70. The Labute approximate surface area is 167 Å². The predicted molar refractivity (Wildman–Crippen MR) is 102 cm³/mol. The van der Waals surface area contributed by atoms with E-state index >= 15 is 0 Å². The van der Waals surface area contributed by atoms with Crippen LogP contribution in [0.4, 0.5) is 8.78 Å². The average Bonchev–Trinajstić information content (AvgIpc) is 3.06. The lowest BCUT2D eigenvalue weighted by atomic mass is 9.95. The number of nitrogens with one attached hydrogen (secondary N) is 1. The predicted octanol–water partition coefficient (Wildman–Crippen LogP) is 2.80. The highest BCUT2D eigenvalue weighted by molar-refractivity contribution is 6.02. The number of hydrogen-bond acceptors (Lipinski definition) is 4. The number of aromatic nitrogens is 1. The zero-order valence-corrected chi connectivity index (χ0v) is 15.9. The van der Waals surface area contributed by atoms with Crippen LogP contribution in [0.2, 0.25) is 0 Å². The highest BCUT2D eigenvalue weighted by atomic mass is 19.3. The van der Waals surface area contributed by atoms with Crippen LogP contribution >= 0.6 is 0 Å². The maximum absolute atomic E-state index is 13.5.